The van der Waals surface area contributed by atoms with E-state index in [-0.39, 0.29) is 6.10 Å². The molecule has 0 amide bonds. The summed E-state index contributed by atoms with van der Waals surface area (Å²) in [6.45, 7) is 0. The first-order valence-corrected chi connectivity index (χ1v) is 6.84. The van der Waals surface area contributed by atoms with Gasteiger partial charge in [0.05, 0.1) is 11.8 Å². The molecular formula is C17H17NO2. The van der Waals surface area contributed by atoms with Crippen LogP contribution in [0.25, 0.3) is 0 Å². The number of aliphatic hydroxyl groups is 1. The number of oxime groups is 1. The van der Waals surface area contributed by atoms with Crippen molar-refractivity contribution in [1.82, 2.24) is 0 Å². The van der Waals surface area contributed by atoms with Crippen molar-refractivity contribution in [2.75, 3.05) is 0 Å². The van der Waals surface area contributed by atoms with Crippen molar-refractivity contribution in [2.45, 2.75) is 25.0 Å². The first-order valence-electron chi connectivity index (χ1n) is 6.84. The fourth-order valence-corrected chi connectivity index (χ4v) is 2.42. The summed E-state index contributed by atoms with van der Waals surface area (Å²) < 4.78 is 0. The highest BCUT2D eigenvalue weighted by Gasteiger charge is 2.25. The fourth-order valence-electron chi connectivity index (χ4n) is 2.42. The largest absolute Gasteiger partial charge is 0.392 e. The molecular weight excluding hydrogens is 250 g/mol. The first-order chi connectivity index (χ1) is 9.83. The molecule has 0 aromatic heterocycles. The summed E-state index contributed by atoms with van der Waals surface area (Å²) in [6, 6.07) is 19.7. The lowest BCUT2D eigenvalue weighted by Crippen LogP contribution is -2.13. The van der Waals surface area contributed by atoms with Gasteiger partial charge in [-0.25, -0.2) is 0 Å². The van der Waals surface area contributed by atoms with Crippen LogP contribution in [0.1, 0.15) is 30.1 Å². The van der Waals surface area contributed by atoms with E-state index < -0.39 is 6.10 Å². The molecule has 0 saturated carbocycles. The topological polar surface area (TPSA) is 41.8 Å². The zero-order valence-corrected chi connectivity index (χ0v) is 11.1. The van der Waals surface area contributed by atoms with Gasteiger partial charge in [0, 0.05) is 12.8 Å². The van der Waals surface area contributed by atoms with Crippen LogP contribution in [-0.2, 0) is 4.84 Å². The van der Waals surface area contributed by atoms with E-state index in [1.807, 2.05) is 60.7 Å². The molecule has 3 heteroatoms. The lowest BCUT2D eigenvalue weighted by molar-refractivity contribution is 0.0363. The van der Waals surface area contributed by atoms with Crippen LogP contribution in [0.2, 0.25) is 0 Å². The van der Waals surface area contributed by atoms with Crippen molar-refractivity contribution in [2.24, 2.45) is 5.16 Å². The molecule has 2 aromatic rings. The Kier molecular flexibility index (Phi) is 3.79. The van der Waals surface area contributed by atoms with E-state index in [4.69, 9.17) is 4.84 Å². The second-order valence-electron chi connectivity index (χ2n) is 5.00. The van der Waals surface area contributed by atoms with Gasteiger partial charge in [0.25, 0.3) is 0 Å². The van der Waals surface area contributed by atoms with Crippen molar-refractivity contribution < 1.29 is 9.94 Å². The summed E-state index contributed by atoms with van der Waals surface area (Å²) in [4.78, 5) is 5.44. The molecule has 1 aliphatic heterocycles. The molecule has 20 heavy (non-hydrogen) atoms. The highest BCUT2D eigenvalue weighted by molar-refractivity contribution is 6.01. The zero-order valence-electron chi connectivity index (χ0n) is 11.1. The van der Waals surface area contributed by atoms with Gasteiger partial charge in [-0.3, -0.25) is 0 Å². The van der Waals surface area contributed by atoms with Crippen LogP contribution in [0.4, 0.5) is 0 Å². The van der Waals surface area contributed by atoms with Gasteiger partial charge in [0.1, 0.15) is 6.10 Å². The second-order valence-corrected chi connectivity index (χ2v) is 5.00. The van der Waals surface area contributed by atoms with Gasteiger partial charge in [-0.1, -0.05) is 65.8 Å². The molecule has 0 saturated heterocycles. The summed E-state index contributed by atoms with van der Waals surface area (Å²) in [5.74, 6) is 0. The molecule has 1 aliphatic rings. The Morgan fingerprint density at radius 3 is 2.40 bits per heavy atom. The number of benzene rings is 2. The zero-order chi connectivity index (χ0) is 13.8. The summed E-state index contributed by atoms with van der Waals surface area (Å²) in [6.07, 6.45) is 0.740. The molecule has 0 fully saturated rings. The maximum Gasteiger partial charge on any atom is 0.136 e. The van der Waals surface area contributed by atoms with E-state index in [1.54, 1.807) is 0 Å². The molecule has 0 radical (unpaired) electrons. The van der Waals surface area contributed by atoms with Gasteiger partial charge in [-0.05, 0) is 11.1 Å². The number of hydrogen-bond acceptors (Lipinski definition) is 3. The Morgan fingerprint density at radius 1 is 1.05 bits per heavy atom. The lowest BCUT2D eigenvalue weighted by atomic mass is 9.98. The van der Waals surface area contributed by atoms with Crippen LogP contribution >= 0.6 is 0 Å². The quantitative estimate of drug-likeness (QED) is 0.923. The fraction of sp³-hybridized carbons (Fsp3) is 0.235. The number of hydrogen-bond donors (Lipinski definition) is 1. The minimum atomic E-state index is -0.508. The average molecular weight is 267 g/mol. The van der Waals surface area contributed by atoms with E-state index in [9.17, 15) is 5.11 Å². The smallest absolute Gasteiger partial charge is 0.136 e. The Bertz CT molecular complexity index is 580. The molecule has 2 atom stereocenters. The molecule has 0 unspecified atom stereocenters. The molecule has 102 valence electrons. The van der Waals surface area contributed by atoms with Gasteiger partial charge < -0.3 is 9.94 Å². The van der Waals surface area contributed by atoms with Crippen LogP contribution in [0.5, 0.6) is 0 Å². The van der Waals surface area contributed by atoms with Crippen LogP contribution < -0.4 is 0 Å². The van der Waals surface area contributed by atoms with Gasteiger partial charge in [0.15, 0.2) is 0 Å². The van der Waals surface area contributed by atoms with E-state index >= 15 is 0 Å². The predicted octanol–water partition coefficient (Wildman–Crippen LogP) is 3.30. The normalized spacial score (nSPS) is 19.2. The molecule has 2 aromatic carbocycles. The Morgan fingerprint density at radius 2 is 1.70 bits per heavy atom. The van der Waals surface area contributed by atoms with Crippen LogP contribution in [-0.4, -0.2) is 16.9 Å². The van der Waals surface area contributed by atoms with E-state index in [1.165, 1.54) is 0 Å². The van der Waals surface area contributed by atoms with E-state index in [2.05, 4.69) is 5.16 Å². The van der Waals surface area contributed by atoms with Crippen molar-refractivity contribution >= 4 is 5.71 Å². The van der Waals surface area contributed by atoms with Crippen LogP contribution in [0.3, 0.4) is 0 Å². The van der Waals surface area contributed by atoms with Crippen LogP contribution in [0, 0.1) is 0 Å². The number of rotatable bonds is 4. The summed E-state index contributed by atoms with van der Waals surface area (Å²) >= 11 is 0. The van der Waals surface area contributed by atoms with Crippen molar-refractivity contribution in [3.8, 4) is 0 Å². The van der Waals surface area contributed by atoms with Gasteiger partial charge in [-0.15, -0.1) is 0 Å². The SMILES string of the molecule is O[C@H](C[C@H]1CC(c2ccccc2)=NO1)c1ccccc1. The third-order valence-electron chi connectivity index (χ3n) is 3.51. The van der Waals surface area contributed by atoms with Crippen molar-refractivity contribution in [1.29, 1.82) is 0 Å². The molecule has 0 aliphatic carbocycles. The third kappa shape index (κ3) is 2.89. The second kappa shape index (κ2) is 5.88. The van der Waals surface area contributed by atoms with Crippen molar-refractivity contribution in [3.05, 3.63) is 71.8 Å². The highest BCUT2D eigenvalue weighted by atomic mass is 16.6. The highest BCUT2D eigenvalue weighted by Crippen LogP contribution is 2.25. The molecule has 0 bridgehead atoms. The minimum absolute atomic E-state index is 0.0552. The van der Waals surface area contributed by atoms with Crippen LogP contribution in [0.15, 0.2) is 65.8 Å². The van der Waals surface area contributed by atoms with E-state index in [0.717, 1.165) is 23.3 Å². The molecule has 3 nitrogen and oxygen atoms in total. The summed E-state index contributed by atoms with van der Waals surface area (Å²) in [7, 11) is 0. The summed E-state index contributed by atoms with van der Waals surface area (Å²) in [5, 5.41) is 14.3. The summed E-state index contributed by atoms with van der Waals surface area (Å²) in [5.41, 5.74) is 2.96. The molecule has 0 spiro atoms. The van der Waals surface area contributed by atoms with Gasteiger partial charge in [0.2, 0.25) is 0 Å². The molecule has 1 N–H and O–H groups in total. The standard InChI is InChI=1S/C17H17NO2/c19-17(14-9-5-2-6-10-14)12-15-11-16(18-20-15)13-7-3-1-4-8-13/h1-10,15,17,19H,11-12H2/t15-,17-/m1/s1. The maximum atomic E-state index is 10.2. The number of nitrogens with zero attached hydrogens (tertiary/aromatic N) is 1. The van der Waals surface area contributed by atoms with Gasteiger partial charge in [-0.2, -0.15) is 0 Å². The Labute approximate surface area is 118 Å². The van der Waals surface area contributed by atoms with Gasteiger partial charge >= 0.3 is 0 Å². The molecule has 1 heterocycles. The lowest BCUT2D eigenvalue weighted by Gasteiger charge is -2.14. The van der Waals surface area contributed by atoms with Crippen molar-refractivity contribution in [3.63, 3.8) is 0 Å². The minimum Gasteiger partial charge on any atom is -0.392 e. The predicted molar refractivity (Wildman–Crippen MR) is 78.5 cm³/mol. The Balaban J connectivity index is 1.60. The monoisotopic (exact) mass is 267 g/mol. The maximum absolute atomic E-state index is 10.2. The van der Waals surface area contributed by atoms with E-state index in [0.29, 0.717) is 6.42 Å². The Hall–Kier alpha value is -2.13. The molecule has 3 rings (SSSR count). The first kappa shape index (κ1) is 12.9. The third-order valence-corrected chi connectivity index (χ3v) is 3.51. The average Bonchev–Trinajstić information content (AvgIpc) is 2.97. The number of aliphatic hydroxyl groups excluding tert-OH is 1.